The van der Waals surface area contributed by atoms with Crippen molar-refractivity contribution < 1.29 is 13.2 Å². The van der Waals surface area contributed by atoms with E-state index in [2.05, 4.69) is 0 Å². The molecule has 0 spiro atoms. The van der Waals surface area contributed by atoms with Gasteiger partial charge >= 0.3 is 6.18 Å². The van der Waals surface area contributed by atoms with Crippen molar-refractivity contribution in [1.29, 1.82) is 0 Å². The number of nitrogens with zero attached hydrogens (tertiary/aromatic N) is 1. The fourth-order valence-electron chi connectivity index (χ4n) is 3.46. The third kappa shape index (κ3) is 2.51. The first-order valence-electron chi connectivity index (χ1n) is 5.87. The summed E-state index contributed by atoms with van der Waals surface area (Å²) < 4.78 is 36.6. The van der Waals surface area contributed by atoms with Crippen LogP contribution in [0.1, 0.15) is 19.3 Å². The van der Waals surface area contributed by atoms with Crippen LogP contribution in [0.25, 0.3) is 0 Å². The van der Waals surface area contributed by atoms with E-state index in [9.17, 15) is 13.2 Å². The number of rotatable bonds is 3. The number of hydrogen-bond acceptors (Lipinski definition) is 2. The smallest absolute Gasteiger partial charge is 0.327 e. The number of hydrogen-bond donors (Lipinski definition) is 1. The summed E-state index contributed by atoms with van der Waals surface area (Å²) in [5.74, 6) is 1.40. The molecule has 2 bridgehead atoms. The third-order valence-electron chi connectivity index (χ3n) is 4.13. The Hall–Kier alpha value is -0.290. The fraction of sp³-hybridized carbons (Fsp3) is 1.00. The highest BCUT2D eigenvalue weighted by Gasteiger charge is 2.46. The van der Waals surface area contributed by atoms with Crippen LogP contribution in [0.2, 0.25) is 0 Å². The lowest BCUT2D eigenvalue weighted by molar-refractivity contribution is -0.144. The van der Waals surface area contributed by atoms with Gasteiger partial charge in [-0.15, -0.1) is 0 Å². The van der Waals surface area contributed by atoms with Crippen LogP contribution in [0.3, 0.4) is 0 Å². The number of alkyl halides is 3. The van der Waals surface area contributed by atoms with Gasteiger partial charge in [0, 0.05) is 12.6 Å². The summed E-state index contributed by atoms with van der Waals surface area (Å²) >= 11 is 0. The van der Waals surface area contributed by atoms with E-state index in [1.165, 1.54) is 18.4 Å². The SMILES string of the molecule is CN(CC1C2CCC(C2)C1N)CC(F)(F)F. The van der Waals surface area contributed by atoms with Gasteiger partial charge in [0.1, 0.15) is 0 Å². The van der Waals surface area contributed by atoms with Gasteiger partial charge in [-0.2, -0.15) is 13.2 Å². The highest BCUT2D eigenvalue weighted by molar-refractivity contribution is 4.99. The summed E-state index contributed by atoms with van der Waals surface area (Å²) in [4.78, 5) is 1.37. The van der Waals surface area contributed by atoms with Gasteiger partial charge in [0.05, 0.1) is 6.54 Å². The summed E-state index contributed by atoms with van der Waals surface area (Å²) in [6.45, 7) is -0.338. The second-order valence-electron chi connectivity index (χ2n) is 5.39. The van der Waals surface area contributed by atoms with Gasteiger partial charge < -0.3 is 5.73 Å². The molecular formula is C11H19F3N2. The minimum Gasteiger partial charge on any atom is -0.327 e. The molecule has 0 amide bonds. The molecule has 2 nitrogen and oxygen atoms in total. The van der Waals surface area contributed by atoms with Crippen LogP contribution in [-0.4, -0.2) is 37.3 Å². The van der Waals surface area contributed by atoms with E-state index in [0.717, 1.165) is 12.8 Å². The van der Waals surface area contributed by atoms with Crippen LogP contribution >= 0.6 is 0 Å². The molecule has 5 heteroatoms. The first-order chi connectivity index (χ1) is 7.37. The number of fused-ring (bicyclic) bond motifs is 2. The molecule has 2 N–H and O–H groups in total. The van der Waals surface area contributed by atoms with E-state index in [-0.39, 0.29) is 12.0 Å². The van der Waals surface area contributed by atoms with Crippen molar-refractivity contribution in [3.63, 3.8) is 0 Å². The maximum absolute atomic E-state index is 12.2. The van der Waals surface area contributed by atoms with Crippen LogP contribution in [0, 0.1) is 17.8 Å². The lowest BCUT2D eigenvalue weighted by Crippen LogP contribution is -2.43. The van der Waals surface area contributed by atoms with Crippen molar-refractivity contribution in [3.8, 4) is 0 Å². The molecule has 2 saturated carbocycles. The van der Waals surface area contributed by atoms with E-state index in [1.807, 2.05) is 0 Å². The molecule has 94 valence electrons. The average molecular weight is 236 g/mol. The summed E-state index contributed by atoms with van der Waals surface area (Å²) in [7, 11) is 1.53. The molecule has 0 radical (unpaired) electrons. The molecular weight excluding hydrogens is 217 g/mol. The number of halogens is 3. The fourth-order valence-corrected chi connectivity index (χ4v) is 3.46. The van der Waals surface area contributed by atoms with Crippen molar-refractivity contribution >= 4 is 0 Å². The van der Waals surface area contributed by atoms with Crippen LogP contribution < -0.4 is 5.73 Å². The molecule has 16 heavy (non-hydrogen) atoms. The standard InChI is InChI=1S/C11H19F3N2/c1-16(6-11(12,13)14)5-9-7-2-3-8(4-7)10(9)15/h7-10H,2-6,15H2,1H3. The van der Waals surface area contributed by atoms with E-state index < -0.39 is 12.7 Å². The zero-order valence-corrected chi connectivity index (χ0v) is 9.50. The highest BCUT2D eigenvalue weighted by atomic mass is 19.4. The van der Waals surface area contributed by atoms with Gasteiger partial charge in [-0.3, -0.25) is 4.90 Å². The zero-order valence-electron chi connectivity index (χ0n) is 9.50. The van der Waals surface area contributed by atoms with Crippen molar-refractivity contribution in [2.24, 2.45) is 23.5 Å². The summed E-state index contributed by atoms with van der Waals surface area (Å²) in [5, 5.41) is 0. The second kappa shape index (κ2) is 4.18. The minimum absolute atomic E-state index is 0.120. The Morgan fingerprint density at radius 1 is 1.25 bits per heavy atom. The molecule has 4 unspecified atom stereocenters. The van der Waals surface area contributed by atoms with E-state index in [4.69, 9.17) is 5.73 Å². The molecule has 2 aliphatic rings. The van der Waals surface area contributed by atoms with Crippen LogP contribution in [0.5, 0.6) is 0 Å². The molecule has 2 rings (SSSR count). The highest BCUT2D eigenvalue weighted by Crippen LogP contribution is 2.47. The predicted molar refractivity (Wildman–Crippen MR) is 55.8 cm³/mol. The lowest BCUT2D eigenvalue weighted by Gasteiger charge is -2.32. The van der Waals surface area contributed by atoms with Gasteiger partial charge in [-0.1, -0.05) is 0 Å². The Morgan fingerprint density at radius 2 is 1.88 bits per heavy atom. The third-order valence-corrected chi connectivity index (χ3v) is 4.13. The first-order valence-corrected chi connectivity index (χ1v) is 5.87. The predicted octanol–water partition coefficient (Wildman–Crippen LogP) is 1.85. The topological polar surface area (TPSA) is 29.3 Å². The minimum atomic E-state index is -4.10. The van der Waals surface area contributed by atoms with Gasteiger partial charge in [-0.05, 0) is 44.1 Å². The molecule has 0 aromatic carbocycles. The Bertz CT molecular complexity index is 252. The summed E-state index contributed by atoms with van der Waals surface area (Å²) in [6, 6.07) is 0.120. The van der Waals surface area contributed by atoms with Gasteiger partial charge in [0.15, 0.2) is 0 Å². The Balaban J connectivity index is 1.86. The molecule has 0 saturated heterocycles. The van der Waals surface area contributed by atoms with E-state index in [1.54, 1.807) is 0 Å². The molecule has 2 fully saturated rings. The average Bonchev–Trinajstić information content (AvgIpc) is 2.66. The van der Waals surface area contributed by atoms with Crippen LogP contribution in [-0.2, 0) is 0 Å². The first kappa shape index (κ1) is 12.2. The van der Waals surface area contributed by atoms with Gasteiger partial charge in [0.25, 0.3) is 0 Å². The van der Waals surface area contributed by atoms with Crippen LogP contribution in [0.4, 0.5) is 13.2 Å². The molecule has 0 aromatic rings. The van der Waals surface area contributed by atoms with Crippen molar-refractivity contribution in [2.45, 2.75) is 31.5 Å². The zero-order chi connectivity index (χ0) is 11.9. The van der Waals surface area contributed by atoms with E-state index >= 15 is 0 Å². The molecule has 2 aliphatic carbocycles. The maximum Gasteiger partial charge on any atom is 0.401 e. The monoisotopic (exact) mass is 236 g/mol. The molecule has 0 heterocycles. The van der Waals surface area contributed by atoms with Crippen molar-refractivity contribution in [3.05, 3.63) is 0 Å². The quantitative estimate of drug-likeness (QED) is 0.810. The molecule has 0 aliphatic heterocycles. The van der Waals surface area contributed by atoms with Gasteiger partial charge in [-0.25, -0.2) is 0 Å². The molecule has 0 aromatic heterocycles. The van der Waals surface area contributed by atoms with Gasteiger partial charge in [0.2, 0.25) is 0 Å². The van der Waals surface area contributed by atoms with Crippen LogP contribution in [0.15, 0.2) is 0 Å². The lowest BCUT2D eigenvalue weighted by atomic mass is 9.84. The number of nitrogens with two attached hydrogens (primary N) is 1. The largest absolute Gasteiger partial charge is 0.401 e. The summed E-state index contributed by atoms with van der Waals surface area (Å²) in [6.07, 6.45) is -0.642. The normalized spacial score (nSPS) is 38.6. The van der Waals surface area contributed by atoms with Crippen molar-refractivity contribution in [1.82, 2.24) is 4.90 Å². The molecule has 4 atom stereocenters. The Kier molecular flexibility index (Phi) is 3.18. The Labute approximate surface area is 94.0 Å². The summed E-state index contributed by atoms with van der Waals surface area (Å²) in [5.41, 5.74) is 6.07. The van der Waals surface area contributed by atoms with Crippen molar-refractivity contribution in [2.75, 3.05) is 20.1 Å². The van der Waals surface area contributed by atoms with E-state index in [0.29, 0.717) is 18.4 Å². The maximum atomic E-state index is 12.2. The Morgan fingerprint density at radius 3 is 2.38 bits per heavy atom. The second-order valence-corrected chi connectivity index (χ2v) is 5.39.